The third kappa shape index (κ3) is 7.54. The number of aliphatic hydroxyl groups excluding tert-OH is 2. The highest BCUT2D eigenvalue weighted by molar-refractivity contribution is 5.87. The molecule has 0 saturated carbocycles. The highest BCUT2D eigenvalue weighted by Gasteiger charge is 2.21. The van der Waals surface area contributed by atoms with Crippen molar-refractivity contribution < 1.29 is 19.9 Å². The van der Waals surface area contributed by atoms with E-state index >= 15 is 0 Å². The van der Waals surface area contributed by atoms with Crippen LogP contribution in [0, 0.1) is 29.2 Å². The van der Waals surface area contributed by atoms with E-state index < -0.39 is 5.09 Å². The molecule has 0 aliphatic rings. The largest absolute Gasteiger partial charge is 0.398 e. The lowest BCUT2D eigenvalue weighted by molar-refractivity contribution is -0.538. The summed E-state index contributed by atoms with van der Waals surface area (Å²) >= 11 is 0. The molecule has 0 unspecified atom stereocenters. The molecule has 182 valence electrons. The summed E-state index contributed by atoms with van der Waals surface area (Å²) in [5.74, 6) is 0. The summed E-state index contributed by atoms with van der Waals surface area (Å²) < 4.78 is 2.17. The number of aryl methyl sites for hydroxylation is 2. The number of rotatable bonds is 1. The molecule has 0 atom stereocenters. The Kier molecular flexibility index (Phi) is 11.1. The fourth-order valence-corrected chi connectivity index (χ4v) is 3.05. The van der Waals surface area contributed by atoms with Crippen LogP contribution in [-0.2, 0) is 0 Å². The number of aromatic nitrogens is 2. The molecule has 4 aromatic rings. The van der Waals surface area contributed by atoms with Gasteiger partial charge in [0.05, 0.1) is 5.09 Å². The predicted molar refractivity (Wildman–Crippen MR) is 135 cm³/mol. The summed E-state index contributed by atoms with van der Waals surface area (Å²) in [6, 6.07) is 18.2. The first-order valence-electron chi connectivity index (χ1n) is 10.5. The van der Waals surface area contributed by atoms with Crippen LogP contribution < -0.4 is 16.0 Å². The van der Waals surface area contributed by atoms with Crippen molar-refractivity contribution in [3.63, 3.8) is 0 Å². The predicted octanol–water partition coefficient (Wildman–Crippen LogP) is 3.20. The quantitative estimate of drug-likeness (QED) is 0.108. The van der Waals surface area contributed by atoms with Gasteiger partial charge in [0.25, 0.3) is 0 Å². The van der Waals surface area contributed by atoms with E-state index in [1.165, 1.54) is 0 Å². The lowest BCUT2D eigenvalue weighted by Gasteiger charge is -2.09. The van der Waals surface area contributed by atoms with Crippen LogP contribution >= 0.6 is 0 Å². The Bertz CT molecular complexity index is 1160. The van der Waals surface area contributed by atoms with Gasteiger partial charge in [0.1, 0.15) is 11.0 Å². The topological polar surface area (TPSA) is 175 Å². The highest BCUT2D eigenvalue weighted by atomic mass is 16.9. The maximum atomic E-state index is 8.25. The fraction of sp³-hybridized carbons (Fsp3) is 0.250. The van der Waals surface area contributed by atoms with E-state index in [9.17, 15) is 0 Å². The molecule has 10 heteroatoms. The average molecular weight is 470 g/mol. The molecule has 10 nitrogen and oxygen atoms in total. The summed E-state index contributed by atoms with van der Waals surface area (Å²) in [5.41, 5.74) is 20.7. The minimum atomic E-state index is -1.75. The van der Waals surface area contributed by atoms with Gasteiger partial charge in [-0.15, -0.1) is 4.57 Å². The molecule has 0 aliphatic heterocycles. The first-order valence-corrected chi connectivity index (χ1v) is 10.5. The maximum absolute atomic E-state index is 8.25. The van der Waals surface area contributed by atoms with Gasteiger partial charge in [0, 0.05) is 48.9 Å². The summed E-state index contributed by atoms with van der Waals surface area (Å²) in [4.78, 5) is 13.1. The molecule has 0 radical (unpaired) electrons. The monoisotopic (exact) mass is 469 g/mol. The van der Waals surface area contributed by atoms with Crippen LogP contribution in [0.4, 0.5) is 11.4 Å². The Labute approximate surface area is 197 Å². The first-order chi connectivity index (χ1) is 16.1. The Balaban J connectivity index is 0.000000498. The zero-order valence-corrected chi connectivity index (χ0v) is 19.7. The number of benzene rings is 3. The van der Waals surface area contributed by atoms with Crippen molar-refractivity contribution >= 4 is 33.4 Å². The van der Waals surface area contributed by atoms with Crippen molar-refractivity contribution in [2.45, 2.75) is 27.7 Å². The summed E-state index contributed by atoms with van der Waals surface area (Å²) in [6.45, 7) is 7.86. The zero-order chi connectivity index (χ0) is 25.8. The number of nitrogen functional groups attached to an aromatic ring is 2. The third-order valence-corrected chi connectivity index (χ3v) is 4.46. The number of nitrogens with zero attached hydrogens (tertiary/aromatic N) is 3. The molecule has 34 heavy (non-hydrogen) atoms. The van der Waals surface area contributed by atoms with Crippen LogP contribution in [0.15, 0.2) is 54.6 Å². The van der Waals surface area contributed by atoms with Crippen molar-refractivity contribution in [1.29, 1.82) is 0 Å². The van der Waals surface area contributed by atoms with Gasteiger partial charge >= 0.3 is 0 Å². The van der Waals surface area contributed by atoms with Gasteiger partial charge in [-0.1, -0.05) is 18.2 Å². The Morgan fingerprint density at radius 3 is 1.56 bits per heavy atom. The molecule has 0 aliphatic carbocycles. The number of hydrogen-bond acceptors (Lipinski definition) is 8. The van der Waals surface area contributed by atoms with Gasteiger partial charge < -0.3 is 37.0 Å². The number of anilines is 2. The van der Waals surface area contributed by atoms with Crippen molar-refractivity contribution in [2.75, 3.05) is 24.7 Å². The van der Waals surface area contributed by atoms with Gasteiger partial charge in [-0.3, -0.25) is 0 Å². The number of fused-ring (bicyclic) bond motifs is 2. The van der Waals surface area contributed by atoms with E-state index in [1.807, 2.05) is 56.3 Å². The zero-order valence-electron chi connectivity index (χ0n) is 19.7. The second-order valence-electron chi connectivity index (χ2n) is 7.03. The van der Waals surface area contributed by atoms with Crippen molar-refractivity contribution in [1.82, 2.24) is 4.98 Å². The number of nitrogens with two attached hydrogens (primary N) is 2. The van der Waals surface area contributed by atoms with Crippen LogP contribution in [0.3, 0.4) is 0 Å². The van der Waals surface area contributed by atoms with Gasteiger partial charge in [-0.2, -0.15) is 0 Å². The molecule has 0 spiro atoms. The first kappa shape index (κ1) is 28.0. The molecule has 1 aromatic heterocycles. The van der Waals surface area contributed by atoms with E-state index in [2.05, 4.69) is 16.7 Å². The Hall–Kier alpha value is -4.02. The second-order valence-corrected chi connectivity index (χ2v) is 7.03. The molecule has 4 rings (SSSR count). The smallest absolute Gasteiger partial charge is 0.239 e. The normalized spacial score (nSPS) is 9.71. The summed E-state index contributed by atoms with van der Waals surface area (Å²) in [5, 5.41) is 29.9. The standard InChI is InChI=1S/C20H18N4.2C2H6O.NO3/c1-12-8-17-19(10-15(12)21)24(14-6-4-3-5-7-14)20-11-16(22)13(2)9-18(20)23-17;2*1-2-3;2-1(3)4/h3-11H,1-2H3,(H3,21,22);2*3H,2H2,1H3;/q;;;-1/p+1. The molecular weight excluding hydrogens is 438 g/mol. The van der Waals surface area contributed by atoms with Crippen molar-refractivity contribution in [2.24, 2.45) is 0 Å². The minimum Gasteiger partial charge on any atom is -0.398 e. The maximum Gasteiger partial charge on any atom is 0.239 e. The van der Waals surface area contributed by atoms with E-state index in [0.29, 0.717) is 0 Å². The van der Waals surface area contributed by atoms with E-state index in [-0.39, 0.29) is 13.2 Å². The van der Waals surface area contributed by atoms with Crippen LogP contribution in [-0.4, -0.2) is 33.5 Å². The van der Waals surface area contributed by atoms with Gasteiger partial charge in [-0.05, 0) is 51.0 Å². The summed E-state index contributed by atoms with van der Waals surface area (Å²) in [7, 11) is 0. The van der Waals surface area contributed by atoms with Crippen LogP contribution in [0.25, 0.3) is 27.8 Å². The summed E-state index contributed by atoms with van der Waals surface area (Å²) in [6.07, 6.45) is 0. The number of aliphatic hydroxyl groups is 2. The van der Waals surface area contributed by atoms with Crippen molar-refractivity contribution in [3.8, 4) is 5.69 Å². The molecule has 0 saturated heterocycles. The van der Waals surface area contributed by atoms with Crippen LogP contribution in [0.2, 0.25) is 0 Å². The molecule has 0 bridgehead atoms. The van der Waals surface area contributed by atoms with E-state index in [4.69, 9.17) is 42.0 Å². The molecular formula is C24H31N5O5. The van der Waals surface area contributed by atoms with Crippen molar-refractivity contribution in [3.05, 3.63) is 81.0 Å². The SMILES string of the molecule is CCO.CCO.Cc1cc2nc3cc(C)c(N)cc3[n+](-c3ccccc3)c2cc1N.O=[N+]([O-])[O-]. The molecule has 0 fully saturated rings. The van der Waals surface area contributed by atoms with Gasteiger partial charge in [-0.25, -0.2) is 4.98 Å². The van der Waals surface area contributed by atoms with E-state index in [0.717, 1.165) is 50.3 Å². The second kappa shape index (κ2) is 13.5. The Morgan fingerprint density at radius 2 is 1.21 bits per heavy atom. The van der Waals surface area contributed by atoms with Gasteiger partial charge in [0.15, 0.2) is 0 Å². The third-order valence-electron chi connectivity index (χ3n) is 4.46. The van der Waals surface area contributed by atoms with Crippen LogP contribution in [0.1, 0.15) is 25.0 Å². The fourth-order valence-electron chi connectivity index (χ4n) is 3.05. The van der Waals surface area contributed by atoms with E-state index in [1.54, 1.807) is 13.8 Å². The molecule has 3 aromatic carbocycles. The van der Waals surface area contributed by atoms with Gasteiger partial charge in [0.2, 0.25) is 16.7 Å². The number of hydrogen-bond donors (Lipinski definition) is 4. The average Bonchev–Trinajstić information content (AvgIpc) is 2.76. The highest BCUT2D eigenvalue weighted by Crippen LogP contribution is 2.24. The van der Waals surface area contributed by atoms with Crippen LogP contribution in [0.5, 0.6) is 0 Å². The molecule has 0 amide bonds. The molecule has 6 N–H and O–H groups in total. The lowest BCUT2D eigenvalue weighted by Crippen LogP contribution is -2.33. The molecule has 1 heterocycles. The Morgan fingerprint density at radius 1 is 0.853 bits per heavy atom. The minimum absolute atomic E-state index is 0.250. The lowest BCUT2D eigenvalue weighted by atomic mass is 10.1. The number of para-hydroxylation sites is 1.